The van der Waals surface area contributed by atoms with Crippen LogP contribution in [0.5, 0.6) is 0 Å². The first-order chi connectivity index (χ1) is 6.78. The van der Waals surface area contributed by atoms with Crippen molar-refractivity contribution in [2.75, 3.05) is 18.8 Å². The van der Waals surface area contributed by atoms with Gasteiger partial charge in [-0.05, 0) is 0 Å². The number of methoxy groups -OCH3 is 1. The van der Waals surface area contributed by atoms with Gasteiger partial charge < -0.3 is 15.2 Å². The fourth-order valence-corrected chi connectivity index (χ4v) is 2.09. The van der Waals surface area contributed by atoms with Crippen molar-refractivity contribution in [1.29, 1.82) is 0 Å². The Morgan fingerprint density at radius 2 is 2.00 bits per heavy atom. The highest BCUT2D eigenvalue weighted by molar-refractivity contribution is 7.91. The second kappa shape index (κ2) is 5.66. The predicted molar refractivity (Wildman–Crippen MR) is 50.9 cm³/mol. The van der Waals surface area contributed by atoms with E-state index in [2.05, 4.69) is 4.74 Å². The van der Waals surface area contributed by atoms with E-state index in [1.807, 2.05) is 5.32 Å². The summed E-state index contributed by atoms with van der Waals surface area (Å²) in [5.41, 5.74) is 0. The lowest BCUT2D eigenvalue weighted by Crippen LogP contribution is -2.44. The van der Waals surface area contributed by atoms with Gasteiger partial charge in [-0.15, -0.1) is 0 Å². The summed E-state index contributed by atoms with van der Waals surface area (Å²) in [7, 11) is -2.45. The van der Waals surface area contributed by atoms with Gasteiger partial charge in [0.2, 0.25) is 5.91 Å². The summed E-state index contributed by atoms with van der Waals surface area (Å²) in [5, 5.41) is 10.7. The maximum absolute atomic E-state index is 11.2. The minimum atomic E-state index is -3.64. The zero-order valence-corrected chi connectivity index (χ0v) is 9.20. The second-order valence-corrected chi connectivity index (χ2v) is 4.96. The van der Waals surface area contributed by atoms with Gasteiger partial charge in [0.05, 0.1) is 5.75 Å². The first kappa shape index (κ1) is 13.8. The van der Waals surface area contributed by atoms with Gasteiger partial charge in [-0.1, -0.05) is 0 Å². The summed E-state index contributed by atoms with van der Waals surface area (Å²) in [6, 6.07) is -1.44. The number of carbonyl (C=O) groups is 2. The van der Waals surface area contributed by atoms with E-state index in [0.717, 1.165) is 6.92 Å². The van der Waals surface area contributed by atoms with Crippen molar-refractivity contribution in [1.82, 2.24) is 5.32 Å². The number of sulfone groups is 1. The molecule has 0 saturated carbocycles. The van der Waals surface area contributed by atoms with E-state index < -0.39 is 39.4 Å². The van der Waals surface area contributed by atoms with Crippen LogP contribution in [0.2, 0.25) is 0 Å². The van der Waals surface area contributed by atoms with Crippen molar-refractivity contribution in [2.45, 2.75) is 13.0 Å². The highest BCUT2D eigenvalue weighted by atomic mass is 32.2. The molecule has 0 spiro atoms. The summed E-state index contributed by atoms with van der Waals surface area (Å²) in [4.78, 5) is 21.2. The normalized spacial score (nSPS) is 13.2. The molecule has 1 amide bonds. The molecule has 0 saturated heterocycles. The molecule has 1 atom stereocenters. The lowest BCUT2D eigenvalue weighted by atomic mass is 10.3. The van der Waals surface area contributed by atoms with Crippen molar-refractivity contribution in [3.8, 4) is 0 Å². The van der Waals surface area contributed by atoms with Crippen molar-refractivity contribution < 1.29 is 27.9 Å². The standard InChI is InChI=1S/C7H13NO6S/c1-5(9)8-6(7(10)11)3-15(12,13)4-14-2/h6H,3-4H2,1-2H3,(H,8,9)(H,10,11)/t6-/m0/s1. The van der Waals surface area contributed by atoms with Gasteiger partial charge in [0, 0.05) is 14.0 Å². The number of carbonyl (C=O) groups excluding carboxylic acids is 1. The minimum Gasteiger partial charge on any atom is -0.480 e. The molecule has 0 unspecified atom stereocenters. The SMILES string of the molecule is COCS(=O)(=O)C[C@H](NC(C)=O)C(=O)O. The monoisotopic (exact) mass is 239 g/mol. The van der Waals surface area contributed by atoms with Crippen molar-refractivity contribution in [3.63, 3.8) is 0 Å². The van der Waals surface area contributed by atoms with E-state index in [-0.39, 0.29) is 0 Å². The van der Waals surface area contributed by atoms with Crippen molar-refractivity contribution in [2.24, 2.45) is 0 Å². The smallest absolute Gasteiger partial charge is 0.327 e. The van der Waals surface area contributed by atoms with Crippen LogP contribution in [0.1, 0.15) is 6.92 Å². The number of amides is 1. The Morgan fingerprint density at radius 1 is 1.47 bits per heavy atom. The molecule has 8 heteroatoms. The molecule has 0 aromatic rings. The number of hydrogen-bond acceptors (Lipinski definition) is 5. The summed E-state index contributed by atoms with van der Waals surface area (Å²) >= 11 is 0. The van der Waals surface area contributed by atoms with Crippen LogP contribution >= 0.6 is 0 Å². The van der Waals surface area contributed by atoms with Gasteiger partial charge >= 0.3 is 5.97 Å². The fraction of sp³-hybridized carbons (Fsp3) is 0.714. The summed E-state index contributed by atoms with van der Waals surface area (Å²) in [6.45, 7) is 1.11. The number of aliphatic carboxylic acids is 1. The highest BCUT2D eigenvalue weighted by Gasteiger charge is 2.25. The fourth-order valence-electron chi connectivity index (χ4n) is 0.902. The third-order valence-electron chi connectivity index (χ3n) is 1.39. The molecule has 0 aliphatic heterocycles. The Balaban J connectivity index is 4.55. The van der Waals surface area contributed by atoms with Crippen LogP contribution in [-0.4, -0.2) is 50.2 Å². The predicted octanol–water partition coefficient (Wildman–Crippen LogP) is -1.41. The van der Waals surface area contributed by atoms with Crippen molar-refractivity contribution in [3.05, 3.63) is 0 Å². The molecule has 0 aliphatic carbocycles. The minimum absolute atomic E-state index is 0.573. The molecule has 0 aromatic carbocycles. The van der Waals surface area contributed by atoms with Gasteiger partial charge in [0.25, 0.3) is 0 Å². The highest BCUT2D eigenvalue weighted by Crippen LogP contribution is 1.96. The lowest BCUT2D eigenvalue weighted by Gasteiger charge is -2.12. The molecule has 0 fully saturated rings. The van der Waals surface area contributed by atoms with E-state index >= 15 is 0 Å². The molecule has 0 heterocycles. The molecule has 7 nitrogen and oxygen atoms in total. The summed E-state index contributed by atoms with van der Waals surface area (Å²) < 4.78 is 26.8. The van der Waals surface area contributed by atoms with E-state index in [1.165, 1.54) is 7.11 Å². The molecule has 0 aliphatic rings. The van der Waals surface area contributed by atoms with Crippen LogP contribution in [0.15, 0.2) is 0 Å². The Bertz CT molecular complexity index is 335. The quantitative estimate of drug-likeness (QED) is 0.589. The first-order valence-electron chi connectivity index (χ1n) is 3.98. The molecule has 0 aromatic heterocycles. The molecule has 0 bridgehead atoms. The van der Waals surface area contributed by atoms with E-state index in [1.54, 1.807) is 0 Å². The molecule has 2 N–H and O–H groups in total. The van der Waals surface area contributed by atoms with E-state index in [9.17, 15) is 18.0 Å². The van der Waals surface area contributed by atoms with Gasteiger partial charge in [-0.2, -0.15) is 0 Å². The van der Waals surface area contributed by atoms with Crippen LogP contribution < -0.4 is 5.32 Å². The molecule has 88 valence electrons. The number of ether oxygens (including phenoxy) is 1. The van der Waals surface area contributed by atoms with Gasteiger partial charge in [0.15, 0.2) is 9.84 Å². The average Bonchev–Trinajstić information content (AvgIpc) is 2.00. The average molecular weight is 239 g/mol. The Morgan fingerprint density at radius 3 is 2.33 bits per heavy atom. The third-order valence-corrected chi connectivity index (χ3v) is 2.83. The maximum atomic E-state index is 11.2. The molecule has 0 rings (SSSR count). The molecule has 0 radical (unpaired) electrons. The largest absolute Gasteiger partial charge is 0.480 e. The van der Waals surface area contributed by atoms with E-state index in [0.29, 0.717) is 0 Å². The second-order valence-electron chi connectivity index (χ2n) is 2.91. The van der Waals surface area contributed by atoms with Crippen LogP contribution in [-0.2, 0) is 24.2 Å². The number of nitrogens with one attached hydrogen (secondary N) is 1. The summed E-state index contributed by atoms with van der Waals surface area (Å²) in [6.07, 6.45) is 0. The zero-order chi connectivity index (χ0) is 12.1. The summed E-state index contributed by atoms with van der Waals surface area (Å²) in [5.74, 6) is -3.26. The molecular weight excluding hydrogens is 226 g/mol. The van der Waals surface area contributed by atoms with E-state index in [4.69, 9.17) is 5.11 Å². The van der Waals surface area contributed by atoms with Crippen LogP contribution in [0.4, 0.5) is 0 Å². The maximum Gasteiger partial charge on any atom is 0.327 e. The Kier molecular flexibility index (Phi) is 5.23. The number of hydrogen-bond donors (Lipinski definition) is 2. The first-order valence-corrected chi connectivity index (χ1v) is 5.80. The van der Waals surface area contributed by atoms with Crippen LogP contribution in [0.3, 0.4) is 0 Å². The number of carboxylic acid groups (broad SMARTS) is 1. The van der Waals surface area contributed by atoms with Gasteiger partial charge in [0.1, 0.15) is 12.0 Å². The lowest BCUT2D eigenvalue weighted by molar-refractivity contribution is -0.140. The third kappa shape index (κ3) is 6.02. The number of rotatable bonds is 6. The number of carboxylic acids is 1. The molecule has 15 heavy (non-hydrogen) atoms. The van der Waals surface area contributed by atoms with Crippen LogP contribution in [0, 0.1) is 0 Å². The van der Waals surface area contributed by atoms with Gasteiger partial charge in [-0.25, -0.2) is 13.2 Å². The Labute approximate surface area is 87.3 Å². The molecular formula is C7H13NO6S. The Hall–Kier alpha value is -1.15. The van der Waals surface area contributed by atoms with Gasteiger partial charge in [-0.3, -0.25) is 4.79 Å². The van der Waals surface area contributed by atoms with Crippen molar-refractivity contribution >= 4 is 21.7 Å². The zero-order valence-electron chi connectivity index (χ0n) is 8.39. The topological polar surface area (TPSA) is 110 Å². The van der Waals surface area contributed by atoms with Crippen LogP contribution in [0.25, 0.3) is 0 Å².